The number of nitrogens with zero attached hydrogens (tertiary/aromatic N) is 2. The van der Waals surface area contributed by atoms with Crippen molar-refractivity contribution in [2.75, 3.05) is 26.2 Å². The molecule has 0 saturated carbocycles. The first-order chi connectivity index (χ1) is 13.3. The van der Waals surface area contributed by atoms with E-state index in [1.54, 1.807) is 0 Å². The molecule has 2 heterocycles. The van der Waals surface area contributed by atoms with Crippen LogP contribution < -0.4 is 0 Å². The van der Waals surface area contributed by atoms with Crippen molar-refractivity contribution in [1.29, 1.82) is 0 Å². The van der Waals surface area contributed by atoms with Gasteiger partial charge in [0.25, 0.3) is 0 Å². The number of hydrogen-bond acceptors (Lipinski definition) is 0. The van der Waals surface area contributed by atoms with Crippen molar-refractivity contribution in [3.05, 3.63) is 82.4 Å². The van der Waals surface area contributed by atoms with Crippen molar-refractivity contribution in [2.45, 2.75) is 37.5 Å². The fraction of sp³-hybridized carbons (Fsp3) is 0.455. The van der Waals surface area contributed by atoms with E-state index >= 15 is 0 Å². The van der Waals surface area contributed by atoms with Crippen LogP contribution in [0.25, 0.3) is 10.6 Å². The number of hydrogen-bond donors (Lipinski definition) is 0. The predicted octanol–water partition coefficient (Wildman–Crippen LogP) is 7.25. The summed E-state index contributed by atoms with van der Waals surface area (Å²) in [6.45, 7) is 4.22. The van der Waals surface area contributed by atoms with E-state index in [0.717, 1.165) is 38.0 Å². The Morgan fingerprint density at radius 1 is 0.593 bits per heavy atom. The van der Waals surface area contributed by atoms with Gasteiger partial charge in [-0.15, -0.1) is 26.2 Å². The van der Waals surface area contributed by atoms with Gasteiger partial charge >= 0.3 is 35.3 Å². The van der Waals surface area contributed by atoms with Gasteiger partial charge in [0.2, 0.25) is 0 Å². The molecule has 0 unspecified atom stereocenters. The molecule has 2 aromatic rings. The van der Waals surface area contributed by atoms with E-state index in [4.69, 9.17) is 18.8 Å². The minimum absolute atomic E-state index is 0.472. The first-order valence-electron chi connectivity index (χ1n) is 9.54. The van der Waals surface area contributed by atoms with Gasteiger partial charge in [0.05, 0.1) is 0 Å². The number of piperidine rings is 2. The van der Waals surface area contributed by atoms with Gasteiger partial charge in [0.1, 0.15) is 0 Å². The Balaban J connectivity index is 0.000000170. The molecule has 2 aliphatic heterocycles. The summed E-state index contributed by atoms with van der Waals surface area (Å²) in [6, 6.07) is 21.6. The van der Waals surface area contributed by atoms with Crippen LogP contribution in [0.3, 0.4) is 0 Å². The standard InChI is InChI=1S/2C11H14N.2ClH.Pt/c2*1-2-4-10(5-3-1)11-6-8-12-9-7-11;;;/h2*1-5,11H,6-9H2;2*1H;/q2*-1;;;+4/p-2. The van der Waals surface area contributed by atoms with Gasteiger partial charge in [0, 0.05) is 0 Å². The Morgan fingerprint density at radius 3 is 1.19 bits per heavy atom. The van der Waals surface area contributed by atoms with E-state index in [-0.39, 0.29) is 0 Å². The molecule has 0 bridgehead atoms. The molecular weight excluding hydrogens is 558 g/mol. The second-order valence-electron chi connectivity index (χ2n) is 6.76. The molecule has 2 aliphatic rings. The van der Waals surface area contributed by atoms with Gasteiger partial charge in [-0.2, -0.15) is 0 Å². The number of benzene rings is 2. The summed E-state index contributed by atoms with van der Waals surface area (Å²) in [5.74, 6) is 1.53. The van der Waals surface area contributed by atoms with Crippen LogP contribution in [0.2, 0.25) is 0 Å². The minimum Gasteiger partial charge on any atom is -0.662 e. The third-order valence-corrected chi connectivity index (χ3v) is 5.08. The molecule has 0 radical (unpaired) electrons. The van der Waals surface area contributed by atoms with Crippen molar-refractivity contribution in [3.8, 4) is 0 Å². The molecule has 2 fully saturated rings. The molecule has 0 aliphatic carbocycles. The molecular formula is C22H28Cl2N2Pt. The molecule has 0 spiro atoms. The molecule has 4 rings (SSSR count). The Labute approximate surface area is 180 Å². The topological polar surface area (TPSA) is 28.2 Å². The van der Waals surface area contributed by atoms with Crippen LogP contribution >= 0.6 is 18.8 Å². The van der Waals surface area contributed by atoms with Gasteiger partial charge in [0.15, 0.2) is 0 Å². The molecule has 0 aromatic heterocycles. The van der Waals surface area contributed by atoms with Gasteiger partial charge in [-0.05, 0) is 23.0 Å². The third kappa shape index (κ3) is 9.11. The van der Waals surface area contributed by atoms with Crippen molar-refractivity contribution in [2.24, 2.45) is 0 Å². The Hall–Kier alpha value is -0.372. The summed E-state index contributed by atoms with van der Waals surface area (Å²) < 4.78 is 0. The summed E-state index contributed by atoms with van der Waals surface area (Å²) in [7, 11) is 9.75. The zero-order valence-electron chi connectivity index (χ0n) is 15.6. The smallest absolute Gasteiger partial charge is 0.0195 e. The zero-order chi connectivity index (χ0) is 19.2. The first kappa shape index (κ1) is 22.9. The quantitative estimate of drug-likeness (QED) is 0.355. The molecule has 2 aromatic carbocycles. The summed E-state index contributed by atoms with van der Waals surface area (Å²) >= 11 is -0.472. The fourth-order valence-electron chi connectivity index (χ4n) is 3.62. The fourth-order valence-corrected chi connectivity index (χ4v) is 3.62. The second-order valence-corrected chi connectivity index (χ2v) is 10.0. The average Bonchev–Trinajstić information content (AvgIpc) is 2.77. The average molecular weight is 586 g/mol. The summed E-state index contributed by atoms with van der Waals surface area (Å²) in [5.41, 5.74) is 2.99. The summed E-state index contributed by atoms with van der Waals surface area (Å²) in [6.07, 6.45) is 4.96. The van der Waals surface area contributed by atoms with Gasteiger partial charge in [-0.1, -0.05) is 86.3 Å². The van der Waals surface area contributed by atoms with Crippen molar-refractivity contribution < 1.29 is 16.5 Å². The number of rotatable bonds is 2. The van der Waals surface area contributed by atoms with E-state index in [1.807, 2.05) is 0 Å². The van der Waals surface area contributed by atoms with Gasteiger partial charge in [-0.25, -0.2) is 0 Å². The first-order valence-corrected chi connectivity index (χ1v) is 15.2. The third-order valence-electron chi connectivity index (χ3n) is 5.08. The van der Waals surface area contributed by atoms with E-state index in [2.05, 4.69) is 71.3 Å². The van der Waals surface area contributed by atoms with E-state index < -0.39 is 16.5 Å². The molecule has 5 heteroatoms. The molecule has 0 atom stereocenters. The van der Waals surface area contributed by atoms with Crippen LogP contribution in [0.1, 0.15) is 48.6 Å². The maximum atomic E-state index is 4.88. The normalized spacial score (nSPS) is 18.0. The van der Waals surface area contributed by atoms with Gasteiger partial charge < -0.3 is 10.6 Å². The SMILES string of the molecule is [Cl][Pt+2][Cl].c1ccc(C2CC[N-]CC2)cc1.c1ccc(C2CC[N-]CC2)cc1. The van der Waals surface area contributed by atoms with Crippen LogP contribution in [0.4, 0.5) is 0 Å². The Bertz CT molecular complexity index is 532. The van der Waals surface area contributed by atoms with Crippen molar-refractivity contribution >= 4 is 18.8 Å². The number of halogens is 2. The molecule has 27 heavy (non-hydrogen) atoms. The van der Waals surface area contributed by atoms with E-state index in [1.165, 1.54) is 36.8 Å². The summed E-state index contributed by atoms with van der Waals surface area (Å²) in [5, 5.41) is 8.71. The van der Waals surface area contributed by atoms with Crippen LogP contribution in [0.5, 0.6) is 0 Å². The van der Waals surface area contributed by atoms with Gasteiger partial charge in [-0.3, -0.25) is 0 Å². The monoisotopic (exact) mass is 585 g/mol. The molecule has 150 valence electrons. The second kappa shape index (κ2) is 14.6. The van der Waals surface area contributed by atoms with Crippen LogP contribution in [0.15, 0.2) is 60.7 Å². The largest absolute Gasteiger partial charge is 0.662 e. The van der Waals surface area contributed by atoms with Crippen molar-refractivity contribution in [3.63, 3.8) is 0 Å². The van der Waals surface area contributed by atoms with Crippen LogP contribution in [0, 0.1) is 0 Å². The maximum Gasteiger partial charge on any atom is -0.0195 e. The molecule has 0 amide bonds. The minimum atomic E-state index is -0.472. The van der Waals surface area contributed by atoms with Crippen LogP contribution in [-0.2, 0) is 16.5 Å². The van der Waals surface area contributed by atoms with E-state index in [0.29, 0.717) is 0 Å². The Kier molecular flexibility index (Phi) is 12.4. The zero-order valence-corrected chi connectivity index (χ0v) is 19.3. The molecule has 2 saturated heterocycles. The molecule has 2 nitrogen and oxygen atoms in total. The van der Waals surface area contributed by atoms with E-state index in [9.17, 15) is 0 Å². The molecule has 0 N–H and O–H groups in total. The predicted molar refractivity (Wildman–Crippen MR) is 115 cm³/mol. The van der Waals surface area contributed by atoms with Crippen LogP contribution in [-0.4, -0.2) is 26.2 Å². The Morgan fingerprint density at radius 2 is 0.889 bits per heavy atom. The van der Waals surface area contributed by atoms with Crippen molar-refractivity contribution in [1.82, 2.24) is 0 Å². The maximum absolute atomic E-state index is 4.88. The summed E-state index contributed by atoms with van der Waals surface area (Å²) in [4.78, 5) is 0.